The molecular weight excluding hydrogens is 613 g/mol. The van der Waals surface area contributed by atoms with Crippen molar-refractivity contribution in [3.05, 3.63) is 194 Å². The Morgan fingerprint density at radius 3 is 1.73 bits per heavy atom. The number of hydrogen-bond acceptors (Lipinski definition) is 2. The highest BCUT2D eigenvalue weighted by molar-refractivity contribution is 7.19. The molecule has 49 heavy (non-hydrogen) atoms. The standard InChI is InChI=1S/C46H32N2S/c1-4-12-33(13-5-1)35-20-25-39(26-21-35)47(40-27-22-36(23-28-40)34-14-6-2-7-15-34)46-31-30-45(49-46)37-24-29-44-42(32-37)41-18-10-11-19-43(41)48(44)38-16-8-3-9-17-38/h1-32H/i1D,4D,5D,12D,13D. The second-order valence-electron chi connectivity index (χ2n) is 11.9. The molecule has 2 nitrogen and oxygen atoms in total. The Balaban J connectivity index is 1.14. The van der Waals surface area contributed by atoms with E-state index < -0.39 is 6.04 Å². The number of thiophene rings is 1. The van der Waals surface area contributed by atoms with E-state index in [-0.39, 0.29) is 29.7 Å². The quantitative estimate of drug-likeness (QED) is 0.167. The number of fused-ring (bicyclic) bond motifs is 3. The van der Waals surface area contributed by atoms with Crippen LogP contribution in [0.5, 0.6) is 0 Å². The van der Waals surface area contributed by atoms with E-state index in [4.69, 9.17) is 6.85 Å². The van der Waals surface area contributed by atoms with E-state index in [1.807, 2.05) is 48.5 Å². The van der Waals surface area contributed by atoms with Crippen molar-refractivity contribution in [3.8, 4) is 38.4 Å². The lowest BCUT2D eigenvalue weighted by molar-refractivity contribution is 1.18. The van der Waals surface area contributed by atoms with Gasteiger partial charge >= 0.3 is 0 Å². The third kappa shape index (κ3) is 5.41. The first-order chi connectivity index (χ1) is 26.4. The van der Waals surface area contributed by atoms with Gasteiger partial charge in [-0.1, -0.05) is 127 Å². The minimum absolute atomic E-state index is 0.189. The Morgan fingerprint density at radius 2 is 1.02 bits per heavy atom. The largest absolute Gasteiger partial charge is 0.309 e. The highest BCUT2D eigenvalue weighted by atomic mass is 32.1. The van der Waals surface area contributed by atoms with Gasteiger partial charge in [-0.3, -0.25) is 0 Å². The van der Waals surface area contributed by atoms with Crippen molar-refractivity contribution in [1.82, 2.24) is 4.57 Å². The van der Waals surface area contributed by atoms with Crippen LogP contribution < -0.4 is 4.90 Å². The maximum absolute atomic E-state index is 8.51. The number of nitrogens with zero attached hydrogens (tertiary/aromatic N) is 2. The Kier molecular flexibility index (Phi) is 6.12. The molecule has 2 aromatic heterocycles. The van der Waals surface area contributed by atoms with Crippen LogP contribution in [0.2, 0.25) is 0 Å². The van der Waals surface area contributed by atoms with E-state index in [1.54, 1.807) is 11.3 Å². The smallest absolute Gasteiger partial charge is 0.101 e. The van der Waals surface area contributed by atoms with Crippen molar-refractivity contribution in [3.63, 3.8) is 0 Å². The van der Waals surface area contributed by atoms with Crippen molar-refractivity contribution in [2.75, 3.05) is 4.90 Å². The zero-order chi connectivity index (χ0) is 36.9. The normalized spacial score (nSPS) is 12.7. The maximum Gasteiger partial charge on any atom is 0.101 e. The highest BCUT2D eigenvalue weighted by Crippen LogP contribution is 2.44. The van der Waals surface area contributed by atoms with Crippen LogP contribution >= 0.6 is 11.3 Å². The monoisotopic (exact) mass is 649 g/mol. The molecule has 2 heterocycles. The number of anilines is 3. The molecule has 0 saturated heterocycles. The van der Waals surface area contributed by atoms with E-state index in [1.165, 1.54) is 16.3 Å². The summed E-state index contributed by atoms with van der Waals surface area (Å²) >= 11 is 1.70. The fourth-order valence-electron chi connectivity index (χ4n) is 6.59. The third-order valence-corrected chi connectivity index (χ3v) is 10.0. The summed E-state index contributed by atoms with van der Waals surface area (Å²) < 4.78 is 43.7. The summed E-state index contributed by atoms with van der Waals surface area (Å²) in [5, 5.41) is 3.41. The first-order valence-electron chi connectivity index (χ1n) is 18.7. The Labute approximate surface area is 297 Å². The first-order valence-corrected chi connectivity index (χ1v) is 17.0. The molecule has 0 spiro atoms. The molecule has 0 radical (unpaired) electrons. The van der Waals surface area contributed by atoms with Gasteiger partial charge in [-0.25, -0.2) is 0 Å². The average molecular weight is 650 g/mol. The molecule has 0 saturated carbocycles. The lowest BCUT2D eigenvalue weighted by atomic mass is 10.0. The Morgan fingerprint density at radius 1 is 0.449 bits per heavy atom. The van der Waals surface area contributed by atoms with E-state index >= 15 is 0 Å². The van der Waals surface area contributed by atoms with Crippen molar-refractivity contribution >= 4 is 49.5 Å². The van der Waals surface area contributed by atoms with Gasteiger partial charge in [0, 0.05) is 32.7 Å². The molecule has 9 aromatic rings. The summed E-state index contributed by atoms with van der Waals surface area (Å²) in [6.45, 7) is 0. The van der Waals surface area contributed by atoms with Gasteiger partial charge < -0.3 is 9.47 Å². The van der Waals surface area contributed by atoms with E-state index in [0.717, 1.165) is 49.1 Å². The lowest BCUT2D eigenvalue weighted by Crippen LogP contribution is -2.08. The summed E-state index contributed by atoms with van der Waals surface area (Å²) in [7, 11) is 0. The van der Waals surface area contributed by atoms with Crippen LogP contribution in [0.1, 0.15) is 6.85 Å². The first kappa shape index (κ1) is 24.1. The minimum Gasteiger partial charge on any atom is -0.309 e. The summed E-state index contributed by atoms with van der Waals surface area (Å²) in [5.74, 6) is 0. The SMILES string of the molecule is [2H]c1c([2H])c([2H])c(-c2ccc(N(c3ccc(-c4ccccc4)cc3)c3ccc(-c4ccc5c(c4)c4ccccc4n5-c4ccccc4)s3)cc2)c([2H])c1[2H]. The van der Waals surface area contributed by atoms with Gasteiger partial charge in [0.15, 0.2) is 0 Å². The van der Waals surface area contributed by atoms with Crippen molar-refractivity contribution in [1.29, 1.82) is 0 Å². The molecule has 0 atom stereocenters. The molecule has 0 aliphatic carbocycles. The topological polar surface area (TPSA) is 8.17 Å². The number of hydrogen-bond donors (Lipinski definition) is 0. The van der Waals surface area contributed by atoms with Gasteiger partial charge in [-0.2, -0.15) is 0 Å². The molecule has 7 aromatic carbocycles. The molecule has 0 aliphatic heterocycles. The Bertz CT molecular complexity index is 2780. The van der Waals surface area contributed by atoms with Gasteiger partial charge in [-0.05, 0) is 94.5 Å². The summed E-state index contributed by atoms with van der Waals surface area (Å²) in [6, 6.07) is 54.9. The average Bonchev–Trinajstić information content (AvgIpc) is 3.84. The zero-order valence-corrected chi connectivity index (χ0v) is 27.2. The van der Waals surface area contributed by atoms with Gasteiger partial charge in [0.05, 0.1) is 17.9 Å². The van der Waals surface area contributed by atoms with E-state index in [0.29, 0.717) is 5.56 Å². The van der Waals surface area contributed by atoms with Crippen molar-refractivity contribution in [2.45, 2.75) is 0 Å². The van der Waals surface area contributed by atoms with Crippen molar-refractivity contribution in [2.24, 2.45) is 0 Å². The third-order valence-electron chi connectivity index (χ3n) is 8.93. The van der Waals surface area contributed by atoms with Crippen LogP contribution in [0.25, 0.3) is 60.2 Å². The molecule has 0 amide bonds. The minimum atomic E-state index is -0.398. The fraction of sp³-hybridized carbons (Fsp3) is 0. The molecular formula is C46H32N2S. The van der Waals surface area contributed by atoms with E-state index in [2.05, 4.69) is 125 Å². The maximum atomic E-state index is 8.51. The lowest BCUT2D eigenvalue weighted by Gasteiger charge is -2.24. The molecule has 0 aliphatic rings. The van der Waals surface area contributed by atoms with Crippen LogP contribution in [-0.4, -0.2) is 4.57 Å². The molecule has 3 heteroatoms. The number of benzene rings is 7. The van der Waals surface area contributed by atoms with Gasteiger partial charge in [0.2, 0.25) is 0 Å². The highest BCUT2D eigenvalue weighted by Gasteiger charge is 2.18. The fourth-order valence-corrected chi connectivity index (χ4v) is 7.64. The predicted molar refractivity (Wildman–Crippen MR) is 210 cm³/mol. The number of aromatic nitrogens is 1. The van der Waals surface area contributed by atoms with Crippen LogP contribution in [0.4, 0.5) is 16.4 Å². The second-order valence-corrected chi connectivity index (χ2v) is 12.9. The number of para-hydroxylation sites is 2. The Hall–Kier alpha value is -6.16. The molecule has 0 bridgehead atoms. The molecule has 0 fully saturated rings. The van der Waals surface area contributed by atoms with Crippen LogP contribution in [0.15, 0.2) is 194 Å². The summed E-state index contributed by atoms with van der Waals surface area (Å²) in [5.41, 5.74) is 9.44. The summed E-state index contributed by atoms with van der Waals surface area (Å²) in [6.07, 6.45) is 0. The van der Waals surface area contributed by atoms with E-state index in [9.17, 15) is 0 Å². The van der Waals surface area contributed by atoms with Crippen molar-refractivity contribution < 1.29 is 6.85 Å². The zero-order valence-electron chi connectivity index (χ0n) is 31.4. The number of rotatable bonds is 7. The molecule has 9 rings (SSSR count). The molecule has 0 unspecified atom stereocenters. The van der Waals surface area contributed by atoms with Crippen LogP contribution in [0, 0.1) is 0 Å². The second kappa shape index (κ2) is 12.5. The van der Waals surface area contributed by atoms with Gasteiger partial charge in [-0.15, -0.1) is 11.3 Å². The van der Waals surface area contributed by atoms with Crippen LogP contribution in [-0.2, 0) is 0 Å². The predicted octanol–water partition coefficient (Wildman–Crippen LogP) is 13.3. The van der Waals surface area contributed by atoms with Crippen LogP contribution in [0.3, 0.4) is 0 Å². The molecule has 232 valence electrons. The molecule has 0 N–H and O–H groups in total. The summed E-state index contributed by atoms with van der Waals surface area (Å²) in [4.78, 5) is 3.33. The van der Waals surface area contributed by atoms with Gasteiger partial charge in [0.1, 0.15) is 5.00 Å². The van der Waals surface area contributed by atoms with Gasteiger partial charge in [0.25, 0.3) is 0 Å².